The molecule has 3 aromatic carbocycles. The van der Waals surface area contributed by atoms with Crippen molar-refractivity contribution in [3.8, 4) is 5.75 Å². The predicted octanol–water partition coefficient (Wildman–Crippen LogP) is 5.94. The molecule has 0 saturated carbocycles. The summed E-state index contributed by atoms with van der Waals surface area (Å²) in [7, 11) is 1.63. The highest BCUT2D eigenvalue weighted by molar-refractivity contribution is 5.88. The third-order valence-electron chi connectivity index (χ3n) is 6.68. The maximum Gasteiger partial charge on any atom is 0.243 e. The van der Waals surface area contributed by atoms with Gasteiger partial charge in [-0.15, -0.1) is 0 Å². The second kappa shape index (κ2) is 13.5. The van der Waals surface area contributed by atoms with E-state index in [1.54, 1.807) is 12.0 Å². The molecule has 2 amide bonds. The summed E-state index contributed by atoms with van der Waals surface area (Å²) < 4.78 is 5.29. The fraction of sp³-hybridized carbons (Fsp3) is 0.355. The Hall–Kier alpha value is -3.60. The van der Waals surface area contributed by atoms with Gasteiger partial charge in [-0.3, -0.25) is 9.59 Å². The third-order valence-corrected chi connectivity index (χ3v) is 6.68. The van der Waals surface area contributed by atoms with Crippen LogP contribution in [0.1, 0.15) is 62.6 Å². The monoisotopic (exact) mass is 486 g/mol. The average molecular weight is 487 g/mol. The average Bonchev–Trinajstić information content (AvgIpc) is 2.92. The second-order valence-corrected chi connectivity index (χ2v) is 9.19. The highest BCUT2D eigenvalue weighted by atomic mass is 16.5. The number of nitrogens with one attached hydrogen (secondary N) is 1. The van der Waals surface area contributed by atoms with Crippen LogP contribution in [0.4, 0.5) is 0 Å². The Kier molecular flexibility index (Phi) is 10.1. The van der Waals surface area contributed by atoms with Crippen molar-refractivity contribution in [2.75, 3.05) is 7.11 Å². The quantitative estimate of drug-likeness (QED) is 0.345. The van der Waals surface area contributed by atoms with Crippen LogP contribution < -0.4 is 10.1 Å². The van der Waals surface area contributed by atoms with Gasteiger partial charge >= 0.3 is 0 Å². The number of carbonyl (C=O) groups is 2. The molecular formula is C31H38N2O3. The van der Waals surface area contributed by atoms with E-state index in [9.17, 15) is 9.59 Å². The fourth-order valence-corrected chi connectivity index (χ4v) is 4.38. The number of benzene rings is 3. The van der Waals surface area contributed by atoms with Gasteiger partial charge in [0.05, 0.1) is 7.11 Å². The van der Waals surface area contributed by atoms with Crippen LogP contribution in [0.25, 0.3) is 0 Å². The molecule has 190 valence electrons. The Morgan fingerprint density at radius 1 is 0.833 bits per heavy atom. The molecule has 0 aromatic heterocycles. The molecule has 0 aliphatic rings. The molecule has 0 spiro atoms. The number of ether oxygens (including phenoxy) is 1. The van der Waals surface area contributed by atoms with Crippen LogP contribution in [-0.2, 0) is 16.1 Å². The number of carbonyl (C=O) groups excluding carboxylic acids is 2. The molecule has 0 aliphatic carbocycles. The van der Waals surface area contributed by atoms with Gasteiger partial charge in [0.25, 0.3) is 0 Å². The number of hydrogen-bond donors (Lipinski definition) is 1. The number of nitrogens with zero attached hydrogens (tertiary/aromatic N) is 1. The summed E-state index contributed by atoms with van der Waals surface area (Å²) in [6, 6.07) is 27.4. The summed E-state index contributed by atoms with van der Waals surface area (Å²) in [4.78, 5) is 29.0. The van der Waals surface area contributed by atoms with E-state index in [0.29, 0.717) is 13.0 Å². The van der Waals surface area contributed by atoms with E-state index in [4.69, 9.17) is 4.74 Å². The van der Waals surface area contributed by atoms with E-state index in [1.165, 1.54) is 0 Å². The number of hydrogen-bond acceptors (Lipinski definition) is 3. The maximum atomic E-state index is 14.0. The van der Waals surface area contributed by atoms with E-state index in [-0.39, 0.29) is 30.2 Å². The van der Waals surface area contributed by atoms with E-state index in [2.05, 4.69) is 29.6 Å². The zero-order chi connectivity index (χ0) is 25.9. The van der Waals surface area contributed by atoms with Crippen molar-refractivity contribution in [3.05, 3.63) is 102 Å². The third kappa shape index (κ3) is 7.20. The van der Waals surface area contributed by atoms with Crippen LogP contribution in [0, 0.1) is 0 Å². The maximum absolute atomic E-state index is 14.0. The van der Waals surface area contributed by atoms with Gasteiger partial charge in [0.2, 0.25) is 11.8 Å². The Balaban J connectivity index is 1.94. The minimum absolute atomic E-state index is 0.0466. The first-order valence-corrected chi connectivity index (χ1v) is 12.8. The van der Waals surface area contributed by atoms with Gasteiger partial charge in [-0.2, -0.15) is 0 Å². The van der Waals surface area contributed by atoms with Crippen molar-refractivity contribution in [2.45, 2.75) is 64.6 Å². The molecule has 2 atom stereocenters. The smallest absolute Gasteiger partial charge is 0.243 e. The molecule has 36 heavy (non-hydrogen) atoms. The summed E-state index contributed by atoms with van der Waals surface area (Å²) >= 11 is 0. The van der Waals surface area contributed by atoms with Gasteiger partial charge in [0, 0.05) is 24.9 Å². The van der Waals surface area contributed by atoms with Crippen LogP contribution in [0.2, 0.25) is 0 Å². The molecule has 5 heteroatoms. The fourth-order valence-electron chi connectivity index (χ4n) is 4.38. The van der Waals surface area contributed by atoms with Gasteiger partial charge < -0.3 is 15.0 Å². The zero-order valence-corrected chi connectivity index (χ0v) is 21.8. The minimum atomic E-state index is -0.555. The van der Waals surface area contributed by atoms with Crippen LogP contribution >= 0.6 is 0 Å². The molecule has 0 aliphatic heterocycles. The van der Waals surface area contributed by atoms with Crippen LogP contribution in [0.5, 0.6) is 5.75 Å². The van der Waals surface area contributed by atoms with Gasteiger partial charge in [0.1, 0.15) is 11.8 Å². The predicted molar refractivity (Wildman–Crippen MR) is 145 cm³/mol. The first-order chi connectivity index (χ1) is 17.5. The highest BCUT2D eigenvalue weighted by Crippen LogP contribution is 2.30. The lowest BCUT2D eigenvalue weighted by molar-refractivity contribution is -0.141. The summed E-state index contributed by atoms with van der Waals surface area (Å²) in [6.07, 6.45) is 1.64. The minimum Gasteiger partial charge on any atom is -0.497 e. The Morgan fingerprint density at radius 3 is 1.86 bits per heavy atom. The van der Waals surface area contributed by atoms with E-state index >= 15 is 0 Å². The van der Waals surface area contributed by atoms with Crippen LogP contribution in [0.3, 0.4) is 0 Å². The first kappa shape index (κ1) is 27.0. The lowest BCUT2D eigenvalue weighted by atomic mass is 9.88. The van der Waals surface area contributed by atoms with E-state index < -0.39 is 6.04 Å². The van der Waals surface area contributed by atoms with Gasteiger partial charge in [-0.1, -0.05) is 86.6 Å². The number of amides is 2. The largest absolute Gasteiger partial charge is 0.497 e. The molecule has 0 heterocycles. The Morgan fingerprint density at radius 2 is 1.39 bits per heavy atom. The summed E-state index contributed by atoms with van der Waals surface area (Å²) in [5.41, 5.74) is 3.12. The van der Waals surface area contributed by atoms with Crippen molar-refractivity contribution < 1.29 is 14.3 Å². The van der Waals surface area contributed by atoms with Gasteiger partial charge in [-0.25, -0.2) is 0 Å². The molecular weight excluding hydrogens is 448 g/mol. The van der Waals surface area contributed by atoms with Crippen LogP contribution in [0.15, 0.2) is 84.9 Å². The summed E-state index contributed by atoms with van der Waals surface area (Å²) in [5.74, 6) is 0.499. The number of methoxy groups -OCH3 is 1. The molecule has 2 unspecified atom stereocenters. The molecule has 5 nitrogen and oxygen atoms in total. The lowest BCUT2D eigenvalue weighted by Crippen LogP contribution is -2.51. The molecule has 0 fully saturated rings. The summed E-state index contributed by atoms with van der Waals surface area (Å²) in [6.45, 7) is 6.34. The number of rotatable bonds is 12. The topological polar surface area (TPSA) is 58.6 Å². The van der Waals surface area contributed by atoms with E-state index in [0.717, 1.165) is 28.9 Å². The Labute approximate surface area is 215 Å². The van der Waals surface area contributed by atoms with Gasteiger partial charge in [-0.05, 0) is 48.6 Å². The SMILES string of the molecule is CCC(C)NC(=O)C(CC)N(Cc1ccc(OC)cc1)C(=O)CC(c1ccccc1)c1ccccc1. The molecule has 0 saturated heterocycles. The molecule has 1 N–H and O–H groups in total. The van der Waals surface area contributed by atoms with Crippen LogP contribution in [-0.4, -0.2) is 35.9 Å². The van der Waals surface area contributed by atoms with Crippen molar-refractivity contribution in [3.63, 3.8) is 0 Å². The summed E-state index contributed by atoms with van der Waals surface area (Å²) in [5, 5.41) is 3.08. The van der Waals surface area contributed by atoms with Crippen molar-refractivity contribution in [2.24, 2.45) is 0 Å². The molecule has 0 radical (unpaired) electrons. The molecule has 3 aromatic rings. The van der Waals surface area contributed by atoms with Gasteiger partial charge in [0.15, 0.2) is 0 Å². The van der Waals surface area contributed by atoms with Crippen molar-refractivity contribution in [1.82, 2.24) is 10.2 Å². The zero-order valence-electron chi connectivity index (χ0n) is 21.8. The molecule has 0 bridgehead atoms. The normalized spacial score (nSPS) is 12.6. The highest BCUT2D eigenvalue weighted by Gasteiger charge is 2.31. The van der Waals surface area contributed by atoms with Crippen molar-refractivity contribution in [1.29, 1.82) is 0 Å². The second-order valence-electron chi connectivity index (χ2n) is 9.19. The standard InChI is InChI=1S/C31H38N2O3/c1-5-23(3)32-31(35)29(6-2)33(22-24-17-19-27(36-4)20-18-24)30(34)21-28(25-13-9-7-10-14-25)26-15-11-8-12-16-26/h7-20,23,28-29H,5-6,21-22H2,1-4H3,(H,32,35). The molecule has 3 rings (SSSR count). The Bertz CT molecular complexity index is 1040. The van der Waals surface area contributed by atoms with Crippen molar-refractivity contribution >= 4 is 11.8 Å². The van der Waals surface area contributed by atoms with E-state index in [1.807, 2.05) is 81.4 Å². The first-order valence-electron chi connectivity index (χ1n) is 12.8. The lowest BCUT2D eigenvalue weighted by Gasteiger charge is -2.33.